The molecule has 11 heteroatoms. The Balaban J connectivity index is 1.10. The number of aromatic nitrogens is 2. The average Bonchev–Trinajstić information content (AvgIpc) is 3.47. The molecule has 2 unspecified atom stereocenters. The Kier molecular flexibility index (Phi) is 6.10. The maximum absolute atomic E-state index is 12.5. The van der Waals surface area contributed by atoms with Crippen molar-refractivity contribution in [2.75, 3.05) is 25.1 Å². The van der Waals surface area contributed by atoms with E-state index in [1.165, 1.54) is 18.2 Å². The van der Waals surface area contributed by atoms with Gasteiger partial charge in [0.2, 0.25) is 0 Å². The number of benzene rings is 1. The second-order valence-corrected chi connectivity index (χ2v) is 8.86. The van der Waals surface area contributed by atoms with Crippen LogP contribution >= 0.6 is 0 Å². The zero-order valence-electron chi connectivity index (χ0n) is 18.4. The minimum atomic E-state index is -0.458. The van der Waals surface area contributed by atoms with Gasteiger partial charge >= 0.3 is 6.09 Å². The number of aldehydes is 1. The van der Waals surface area contributed by atoms with Gasteiger partial charge in [-0.3, -0.25) is 19.6 Å². The van der Waals surface area contributed by atoms with E-state index < -0.39 is 5.91 Å². The van der Waals surface area contributed by atoms with Crippen molar-refractivity contribution in [3.05, 3.63) is 35.5 Å². The van der Waals surface area contributed by atoms with E-state index in [1.807, 2.05) is 0 Å². The molecule has 1 aliphatic carbocycles. The Morgan fingerprint density at radius 1 is 1.26 bits per heavy atom. The van der Waals surface area contributed by atoms with E-state index in [1.54, 1.807) is 11.0 Å². The number of rotatable bonds is 7. The number of nitrogens with one attached hydrogen (secondary N) is 2. The zero-order valence-corrected chi connectivity index (χ0v) is 18.4. The maximum atomic E-state index is 12.5. The molecule has 2 amide bonds. The van der Waals surface area contributed by atoms with Crippen LogP contribution in [0.5, 0.6) is 11.5 Å². The van der Waals surface area contributed by atoms with Crippen LogP contribution in [-0.4, -0.2) is 76.5 Å². The van der Waals surface area contributed by atoms with Gasteiger partial charge in [0.05, 0.1) is 30.9 Å². The van der Waals surface area contributed by atoms with Gasteiger partial charge in [0.15, 0.2) is 18.7 Å². The second-order valence-electron chi connectivity index (χ2n) is 8.86. The molecule has 3 heterocycles. The number of nitrogens with zero attached hydrogens (tertiary/aromatic N) is 2. The first-order valence-electron chi connectivity index (χ1n) is 11.3. The summed E-state index contributed by atoms with van der Waals surface area (Å²) >= 11 is 0. The van der Waals surface area contributed by atoms with E-state index in [0.29, 0.717) is 31.7 Å². The normalized spacial score (nSPS) is 25.4. The smallest absolute Gasteiger partial charge is 0.410 e. The van der Waals surface area contributed by atoms with Crippen LogP contribution in [0.4, 0.5) is 10.6 Å². The second kappa shape index (κ2) is 9.34. The van der Waals surface area contributed by atoms with Crippen molar-refractivity contribution in [3.8, 4) is 11.5 Å². The van der Waals surface area contributed by atoms with Gasteiger partial charge < -0.3 is 24.6 Å². The Labute approximate surface area is 195 Å². The topological polar surface area (TPSA) is 143 Å². The summed E-state index contributed by atoms with van der Waals surface area (Å²) in [5.41, 5.74) is 0.847. The lowest BCUT2D eigenvalue weighted by atomic mass is 9.92. The third-order valence-electron chi connectivity index (χ3n) is 6.64. The number of hydrogen-bond acceptors (Lipinski definition) is 8. The van der Waals surface area contributed by atoms with Gasteiger partial charge in [-0.05, 0) is 37.8 Å². The standard InChI is InChI=1S/C23H26N4O7/c28-9-17-19(29)2-1-3-20(17)33-12-22(30)24-21-8-18(25-26-21)13-4-5-16(6-13)34-23(31)27-14-7-15(27)11-32-10-14/h1-3,8-9,13-16,29H,4-7,10-12H2,(H2,24,25,26,30)/t13-,14?,15?,16+/m0/s1. The SMILES string of the molecule is O=Cc1c(O)cccc1OCC(=O)Nc1cc([C@H]2CC[C@@H](OC(=O)N3C4COCC3C4)C2)[nH]n1. The van der Waals surface area contributed by atoms with Crippen LogP contribution in [0.25, 0.3) is 0 Å². The molecular formula is C23H26N4O7. The van der Waals surface area contributed by atoms with Gasteiger partial charge in [-0.2, -0.15) is 5.10 Å². The van der Waals surface area contributed by atoms with Crippen molar-refractivity contribution in [3.63, 3.8) is 0 Å². The molecule has 1 aromatic carbocycles. The summed E-state index contributed by atoms with van der Waals surface area (Å²) in [4.78, 5) is 37.7. The highest BCUT2D eigenvalue weighted by Gasteiger charge is 2.47. The van der Waals surface area contributed by atoms with Gasteiger partial charge in [-0.25, -0.2) is 4.79 Å². The van der Waals surface area contributed by atoms with Crippen LogP contribution in [0.1, 0.15) is 47.7 Å². The van der Waals surface area contributed by atoms with E-state index in [0.717, 1.165) is 25.0 Å². The van der Waals surface area contributed by atoms with E-state index in [9.17, 15) is 19.5 Å². The number of anilines is 1. The molecule has 2 saturated heterocycles. The summed E-state index contributed by atoms with van der Waals surface area (Å²) in [6, 6.07) is 6.42. The third-order valence-corrected chi connectivity index (χ3v) is 6.64. The third kappa shape index (κ3) is 4.43. The lowest BCUT2D eigenvalue weighted by molar-refractivity contribution is -0.118. The van der Waals surface area contributed by atoms with Crippen LogP contribution in [0.2, 0.25) is 0 Å². The van der Waals surface area contributed by atoms with E-state index in [4.69, 9.17) is 14.2 Å². The molecule has 3 aliphatic rings. The van der Waals surface area contributed by atoms with Gasteiger partial charge in [0.1, 0.15) is 17.6 Å². The van der Waals surface area contributed by atoms with Crippen molar-refractivity contribution >= 4 is 24.1 Å². The Morgan fingerprint density at radius 2 is 2.09 bits per heavy atom. The molecule has 4 atom stereocenters. The first-order valence-corrected chi connectivity index (χ1v) is 11.3. The fourth-order valence-corrected chi connectivity index (χ4v) is 4.88. The summed E-state index contributed by atoms with van der Waals surface area (Å²) < 4.78 is 16.5. The molecule has 3 N–H and O–H groups in total. The highest BCUT2D eigenvalue weighted by Crippen LogP contribution is 2.38. The predicted molar refractivity (Wildman–Crippen MR) is 118 cm³/mol. The van der Waals surface area contributed by atoms with E-state index >= 15 is 0 Å². The van der Waals surface area contributed by atoms with Crippen LogP contribution in [0.3, 0.4) is 0 Å². The monoisotopic (exact) mass is 470 g/mol. The molecule has 2 aliphatic heterocycles. The molecule has 11 nitrogen and oxygen atoms in total. The van der Waals surface area contributed by atoms with Gasteiger partial charge in [-0.15, -0.1) is 0 Å². The largest absolute Gasteiger partial charge is 0.507 e. The minimum Gasteiger partial charge on any atom is -0.507 e. The molecule has 180 valence electrons. The Bertz CT molecular complexity index is 1070. The quantitative estimate of drug-likeness (QED) is 0.523. The number of aromatic amines is 1. The molecule has 34 heavy (non-hydrogen) atoms. The summed E-state index contributed by atoms with van der Waals surface area (Å²) in [7, 11) is 0. The summed E-state index contributed by atoms with van der Waals surface area (Å²) in [6.45, 7) is 0.814. The molecule has 1 saturated carbocycles. The number of amides is 2. The minimum absolute atomic E-state index is 0.0144. The summed E-state index contributed by atoms with van der Waals surface area (Å²) in [5, 5.41) is 19.4. The van der Waals surface area contributed by atoms with Crippen molar-refractivity contribution in [2.45, 2.75) is 49.8 Å². The fraction of sp³-hybridized carbons (Fsp3) is 0.478. The first kappa shape index (κ1) is 22.2. The number of aromatic hydroxyl groups is 1. The van der Waals surface area contributed by atoms with Gasteiger partial charge in [0.25, 0.3) is 5.91 Å². The predicted octanol–water partition coefficient (Wildman–Crippen LogP) is 2.19. The molecule has 5 rings (SSSR count). The molecule has 2 aromatic rings. The molecule has 0 radical (unpaired) electrons. The van der Waals surface area contributed by atoms with E-state index in [2.05, 4.69) is 15.5 Å². The van der Waals surface area contributed by atoms with Crippen LogP contribution in [0, 0.1) is 0 Å². The van der Waals surface area contributed by atoms with Crippen LogP contribution < -0.4 is 10.1 Å². The van der Waals surface area contributed by atoms with Crippen molar-refractivity contribution < 1.29 is 33.7 Å². The number of fused-ring (bicyclic) bond motifs is 2. The van der Waals surface area contributed by atoms with E-state index in [-0.39, 0.29) is 53.9 Å². The average molecular weight is 470 g/mol. The molecule has 2 bridgehead atoms. The molecule has 3 fully saturated rings. The number of phenolic OH excluding ortho intramolecular Hbond substituents is 1. The Morgan fingerprint density at radius 3 is 2.85 bits per heavy atom. The number of ether oxygens (including phenoxy) is 3. The summed E-state index contributed by atoms with van der Waals surface area (Å²) in [5.74, 6) is -0.0562. The molecular weight excluding hydrogens is 444 g/mol. The molecule has 1 aromatic heterocycles. The number of H-pyrrole nitrogens is 1. The van der Waals surface area contributed by atoms with Crippen molar-refractivity contribution in [2.24, 2.45) is 0 Å². The first-order chi connectivity index (χ1) is 16.5. The highest BCUT2D eigenvalue weighted by molar-refractivity contribution is 5.91. The lowest BCUT2D eigenvalue weighted by Gasteiger charge is -2.51. The Hall–Kier alpha value is -3.60. The number of carbonyl (C=O) groups is 3. The van der Waals surface area contributed by atoms with Crippen molar-refractivity contribution in [1.82, 2.24) is 15.1 Å². The number of hydrogen-bond donors (Lipinski definition) is 3. The number of morpholine rings is 1. The lowest BCUT2D eigenvalue weighted by Crippen LogP contribution is -2.65. The fourth-order valence-electron chi connectivity index (χ4n) is 4.88. The van der Waals surface area contributed by atoms with Crippen molar-refractivity contribution in [1.29, 1.82) is 0 Å². The number of phenols is 1. The zero-order chi connectivity index (χ0) is 23.7. The van der Waals surface area contributed by atoms with Gasteiger partial charge in [0, 0.05) is 17.7 Å². The highest BCUT2D eigenvalue weighted by atomic mass is 16.6. The van der Waals surface area contributed by atoms with Crippen LogP contribution in [-0.2, 0) is 14.3 Å². The summed E-state index contributed by atoms with van der Waals surface area (Å²) in [6.07, 6.45) is 3.36. The van der Waals surface area contributed by atoms with Crippen LogP contribution in [0.15, 0.2) is 24.3 Å². The maximum Gasteiger partial charge on any atom is 0.410 e. The number of carbonyl (C=O) groups excluding carboxylic acids is 3. The van der Waals surface area contributed by atoms with Gasteiger partial charge in [-0.1, -0.05) is 6.07 Å². The molecule has 0 spiro atoms.